The van der Waals surface area contributed by atoms with Crippen molar-refractivity contribution in [3.63, 3.8) is 0 Å². The first-order chi connectivity index (χ1) is 13.5. The van der Waals surface area contributed by atoms with Gasteiger partial charge in [0.05, 0.1) is 4.91 Å². The lowest BCUT2D eigenvalue weighted by Gasteiger charge is -2.09. The summed E-state index contributed by atoms with van der Waals surface area (Å²) in [5.41, 5.74) is 2.69. The third-order valence-corrected chi connectivity index (χ3v) is 5.42. The molecule has 0 saturated carbocycles. The lowest BCUT2D eigenvalue weighted by molar-refractivity contribution is -0.122. The Hall–Kier alpha value is -2.64. The van der Waals surface area contributed by atoms with Crippen LogP contribution in [-0.2, 0) is 9.59 Å². The zero-order chi connectivity index (χ0) is 20.1. The van der Waals surface area contributed by atoms with Gasteiger partial charge in [0.2, 0.25) is 0 Å². The first-order valence-electron chi connectivity index (χ1n) is 8.81. The number of thioether (sulfide) groups is 1. The number of amides is 2. The Labute approximate surface area is 173 Å². The first-order valence-corrected chi connectivity index (χ1v) is 10.0. The second kappa shape index (κ2) is 9.03. The molecular weight excluding hydrogens is 392 g/mol. The monoisotopic (exact) mass is 412 g/mol. The quantitative estimate of drug-likeness (QED) is 0.568. The minimum absolute atomic E-state index is 0.0642. The summed E-state index contributed by atoms with van der Waals surface area (Å²) in [7, 11) is 0. The second-order valence-corrected chi connectivity index (χ2v) is 7.88. The van der Waals surface area contributed by atoms with Gasteiger partial charge in [-0.1, -0.05) is 48.2 Å². The summed E-state index contributed by atoms with van der Waals surface area (Å²) in [5, 5.41) is 2.80. The van der Waals surface area contributed by atoms with Gasteiger partial charge in [0.25, 0.3) is 11.8 Å². The predicted molar refractivity (Wildman–Crippen MR) is 117 cm³/mol. The molecule has 1 fully saturated rings. The summed E-state index contributed by atoms with van der Waals surface area (Å²) >= 11 is 6.52. The Morgan fingerprint density at radius 3 is 2.64 bits per heavy atom. The van der Waals surface area contributed by atoms with Gasteiger partial charge in [0.15, 0.2) is 6.61 Å². The highest BCUT2D eigenvalue weighted by Crippen LogP contribution is 2.32. The molecule has 0 aromatic heterocycles. The maximum Gasteiger partial charge on any atom is 0.266 e. The van der Waals surface area contributed by atoms with Crippen molar-refractivity contribution >= 4 is 51.9 Å². The SMILES string of the molecule is CCN1C(=O)/C(=C/c2ccc(OCC(=O)Nc3cccc(C)c3)cc2)SC1=S. The maximum absolute atomic E-state index is 12.2. The van der Waals surface area contributed by atoms with Crippen molar-refractivity contribution in [2.75, 3.05) is 18.5 Å². The van der Waals surface area contributed by atoms with Crippen molar-refractivity contribution in [2.45, 2.75) is 13.8 Å². The van der Waals surface area contributed by atoms with E-state index >= 15 is 0 Å². The molecule has 28 heavy (non-hydrogen) atoms. The molecule has 0 aliphatic carbocycles. The largest absolute Gasteiger partial charge is 0.484 e. The zero-order valence-electron chi connectivity index (χ0n) is 15.6. The lowest BCUT2D eigenvalue weighted by Crippen LogP contribution is -2.27. The maximum atomic E-state index is 12.2. The second-order valence-electron chi connectivity index (χ2n) is 6.20. The molecule has 0 spiro atoms. The number of aryl methyl sites for hydroxylation is 1. The molecular formula is C21H20N2O3S2. The average Bonchev–Trinajstić information content (AvgIpc) is 2.94. The van der Waals surface area contributed by atoms with E-state index in [0.717, 1.165) is 16.8 Å². The van der Waals surface area contributed by atoms with Gasteiger partial charge in [0, 0.05) is 12.2 Å². The summed E-state index contributed by atoms with van der Waals surface area (Å²) in [4.78, 5) is 26.5. The smallest absolute Gasteiger partial charge is 0.266 e. The summed E-state index contributed by atoms with van der Waals surface area (Å²) in [6.07, 6.45) is 1.81. The normalized spacial score (nSPS) is 15.2. The third kappa shape index (κ3) is 4.99. The third-order valence-electron chi connectivity index (χ3n) is 4.04. The number of benzene rings is 2. The van der Waals surface area contributed by atoms with Crippen LogP contribution in [0.4, 0.5) is 5.69 Å². The first kappa shape index (κ1) is 20.1. The van der Waals surface area contributed by atoms with Gasteiger partial charge in [-0.15, -0.1) is 0 Å². The molecule has 144 valence electrons. The molecule has 7 heteroatoms. The Kier molecular flexibility index (Phi) is 6.49. The Balaban J connectivity index is 1.56. The van der Waals surface area contributed by atoms with Crippen LogP contribution >= 0.6 is 24.0 Å². The number of hydrogen-bond donors (Lipinski definition) is 1. The van der Waals surface area contributed by atoms with Gasteiger partial charge < -0.3 is 10.1 Å². The van der Waals surface area contributed by atoms with Crippen LogP contribution in [0.25, 0.3) is 6.08 Å². The van der Waals surface area contributed by atoms with Crippen LogP contribution in [0.2, 0.25) is 0 Å². The van der Waals surface area contributed by atoms with Crippen molar-refractivity contribution in [3.8, 4) is 5.75 Å². The molecule has 0 radical (unpaired) electrons. The molecule has 1 N–H and O–H groups in total. The highest BCUT2D eigenvalue weighted by molar-refractivity contribution is 8.26. The molecule has 0 atom stereocenters. The Bertz CT molecular complexity index is 939. The number of nitrogens with one attached hydrogen (secondary N) is 1. The van der Waals surface area contributed by atoms with Crippen LogP contribution in [0.3, 0.4) is 0 Å². The van der Waals surface area contributed by atoms with Crippen molar-refractivity contribution in [1.82, 2.24) is 4.90 Å². The molecule has 2 amide bonds. The number of hydrogen-bond acceptors (Lipinski definition) is 5. The van der Waals surface area contributed by atoms with E-state index in [1.165, 1.54) is 11.8 Å². The summed E-state index contributed by atoms with van der Waals surface area (Å²) in [6, 6.07) is 14.8. The standard InChI is InChI=1S/C21H20N2O3S2/c1-3-23-20(25)18(28-21(23)27)12-15-7-9-17(10-8-15)26-13-19(24)22-16-6-4-5-14(2)11-16/h4-12H,3,13H2,1-2H3,(H,22,24)/b18-12-. The van der Waals surface area contributed by atoms with E-state index in [-0.39, 0.29) is 18.4 Å². The minimum atomic E-state index is -0.224. The van der Waals surface area contributed by atoms with Crippen LogP contribution in [0, 0.1) is 6.92 Å². The molecule has 3 rings (SSSR count). The average molecular weight is 413 g/mol. The van der Waals surface area contributed by atoms with Crippen LogP contribution in [0.5, 0.6) is 5.75 Å². The number of anilines is 1. The van der Waals surface area contributed by atoms with E-state index < -0.39 is 0 Å². The highest BCUT2D eigenvalue weighted by atomic mass is 32.2. The molecule has 1 aliphatic rings. The van der Waals surface area contributed by atoms with Gasteiger partial charge >= 0.3 is 0 Å². The highest BCUT2D eigenvalue weighted by Gasteiger charge is 2.30. The number of ether oxygens (including phenoxy) is 1. The van der Waals surface area contributed by atoms with Gasteiger partial charge in [0.1, 0.15) is 10.1 Å². The number of nitrogens with zero attached hydrogens (tertiary/aromatic N) is 1. The van der Waals surface area contributed by atoms with Crippen molar-refractivity contribution < 1.29 is 14.3 Å². The fraction of sp³-hybridized carbons (Fsp3) is 0.190. The molecule has 0 unspecified atom stereocenters. The molecule has 0 bridgehead atoms. The Morgan fingerprint density at radius 2 is 2.00 bits per heavy atom. The van der Waals surface area contributed by atoms with Crippen LogP contribution in [0.15, 0.2) is 53.4 Å². The number of carbonyl (C=O) groups is 2. The zero-order valence-corrected chi connectivity index (χ0v) is 17.2. The summed E-state index contributed by atoms with van der Waals surface area (Å²) in [6.45, 7) is 4.35. The van der Waals surface area contributed by atoms with E-state index in [2.05, 4.69) is 5.32 Å². The van der Waals surface area contributed by atoms with E-state index in [1.807, 2.05) is 56.3 Å². The van der Waals surface area contributed by atoms with Crippen molar-refractivity contribution in [1.29, 1.82) is 0 Å². The van der Waals surface area contributed by atoms with Gasteiger partial charge in [-0.3, -0.25) is 14.5 Å². The Morgan fingerprint density at radius 1 is 1.25 bits per heavy atom. The molecule has 5 nitrogen and oxygen atoms in total. The van der Waals surface area contributed by atoms with Crippen LogP contribution in [-0.4, -0.2) is 34.2 Å². The topological polar surface area (TPSA) is 58.6 Å². The minimum Gasteiger partial charge on any atom is -0.484 e. The fourth-order valence-electron chi connectivity index (χ4n) is 2.65. The van der Waals surface area contributed by atoms with E-state index in [4.69, 9.17) is 17.0 Å². The number of rotatable bonds is 6. The molecule has 1 saturated heterocycles. The van der Waals surface area contributed by atoms with Crippen molar-refractivity contribution in [2.24, 2.45) is 0 Å². The molecule has 2 aromatic carbocycles. The predicted octanol–water partition coefficient (Wildman–Crippen LogP) is 4.23. The fourth-order valence-corrected chi connectivity index (χ4v) is 4.04. The lowest BCUT2D eigenvalue weighted by atomic mass is 10.2. The molecule has 1 aliphatic heterocycles. The number of likely N-dealkylation sites (N-methyl/N-ethyl adjacent to an activating group) is 1. The molecule has 1 heterocycles. The number of thiocarbonyl (C=S) groups is 1. The van der Waals surface area contributed by atoms with Crippen LogP contribution in [0.1, 0.15) is 18.1 Å². The molecule has 2 aromatic rings. The number of carbonyl (C=O) groups excluding carboxylic acids is 2. The van der Waals surface area contributed by atoms with Gasteiger partial charge in [-0.05, 0) is 55.3 Å². The van der Waals surface area contributed by atoms with Gasteiger partial charge in [-0.2, -0.15) is 0 Å². The van der Waals surface area contributed by atoms with E-state index in [9.17, 15) is 9.59 Å². The summed E-state index contributed by atoms with van der Waals surface area (Å²) in [5.74, 6) is 0.293. The van der Waals surface area contributed by atoms with E-state index in [1.54, 1.807) is 17.0 Å². The summed E-state index contributed by atoms with van der Waals surface area (Å²) < 4.78 is 6.12. The van der Waals surface area contributed by atoms with Crippen molar-refractivity contribution in [3.05, 3.63) is 64.6 Å². The van der Waals surface area contributed by atoms with Crippen LogP contribution < -0.4 is 10.1 Å². The van der Waals surface area contributed by atoms with E-state index in [0.29, 0.717) is 21.5 Å². The van der Waals surface area contributed by atoms with Gasteiger partial charge in [-0.25, -0.2) is 0 Å².